The van der Waals surface area contributed by atoms with E-state index in [9.17, 15) is 0 Å². The van der Waals surface area contributed by atoms with Crippen LogP contribution < -0.4 is 5.32 Å². The fraction of sp³-hybridized carbons (Fsp3) is 1.00. The molecule has 0 aromatic rings. The van der Waals surface area contributed by atoms with Crippen LogP contribution in [0.2, 0.25) is 0 Å². The fourth-order valence-electron chi connectivity index (χ4n) is 1.36. The lowest BCUT2D eigenvalue weighted by Crippen LogP contribution is -2.38. The molecular formula is C8H17NO2. The largest absolute Gasteiger partial charge is 0.393 e. The van der Waals surface area contributed by atoms with Crippen molar-refractivity contribution in [2.75, 3.05) is 13.1 Å². The minimum Gasteiger partial charge on any atom is -0.393 e. The van der Waals surface area contributed by atoms with Gasteiger partial charge in [0, 0.05) is 6.54 Å². The van der Waals surface area contributed by atoms with E-state index >= 15 is 0 Å². The van der Waals surface area contributed by atoms with Gasteiger partial charge in [0.25, 0.3) is 0 Å². The topological polar surface area (TPSA) is 52.5 Å². The Balaban J connectivity index is 1.89. The third kappa shape index (κ3) is 3.18. The Morgan fingerprint density at radius 1 is 1.55 bits per heavy atom. The van der Waals surface area contributed by atoms with Crippen LogP contribution in [0.4, 0.5) is 0 Å². The number of rotatable bonds is 4. The lowest BCUT2D eigenvalue weighted by atomic mass is 9.82. The molecule has 3 nitrogen and oxygen atoms in total. The van der Waals surface area contributed by atoms with Crippen LogP contribution in [0, 0.1) is 5.92 Å². The highest BCUT2D eigenvalue weighted by Gasteiger charge is 2.26. The van der Waals surface area contributed by atoms with E-state index < -0.39 is 0 Å². The predicted octanol–water partition coefficient (Wildman–Crippen LogP) is -0.272. The summed E-state index contributed by atoms with van der Waals surface area (Å²) in [7, 11) is 0. The highest BCUT2D eigenvalue weighted by molar-refractivity contribution is 4.80. The first kappa shape index (κ1) is 8.97. The van der Waals surface area contributed by atoms with Crippen molar-refractivity contribution < 1.29 is 10.2 Å². The van der Waals surface area contributed by atoms with Crippen molar-refractivity contribution in [2.45, 2.75) is 32.0 Å². The summed E-state index contributed by atoms with van der Waals surface area (Å²) in [5, 5.41) is 21.0. The van der Waals surface area contributed by atoms with E-state index in [0.717, 1.165) is 19.4 Å². The van der Waals surface area contributed by atoms with Crippen molar-refractivity contribution >= 4 is 0 Å². The fourth-order valence-corrected chi connectivity index (χ4v) is 1.36. The average molecular weight is 159 g/mol. The maximum absolute atomic E-state index is 8.95. The molecule has 0 heterocycles. The van der Waals surface area contributed by atoms with Crippen LogP contribution in [-0.2, 0) is 0 Å². The van der Waals surface area contributed by atoms with E-state index in [1.54, 1.807) is 6.92 Å². The Labute approximate surface area is 67.4 Å². The zero-order chi connectivity index (χ0) is 8.27. The lowest BCUT2D eigenvalue weighted by Gasteiger charge is -2.31. The van der Waals surface area contributed by atoms with Gasteiger partial charge in [0.05, 0.1) is 12.2 Å². The van der Waals surface area contributed by atoms with Crippen molar-refractivity contribution in [3.05, 3.63) is 0 Å². The summed E-state index contributed by atoms with van der Waals surface area (Å²) in [4.78, 5) is 0. The molecule has 0 saturated heterocycles. The Morgan fingerprint density at radius 3 is 2.64 bits per heavy atom. The zero-order valence-electron chi connectivity index (χ0n) is 6.95. The molecule has 0 amide bonds. The van der Waals surface area contributed by atoms with E-state index in [0.29, 0.717) is 12.5 Å². The van der Waals surface area contributed by atoms with E-state index in [1.165, 1.54) is 0 Å². The van der Waals surface area contributed by atoms with Gasteiger partial charge in [-0.2, -0.15) is 0 Å². The molecule has 3 heteroatoms. The Morgan fingerprint density at radius 2 is 2.18 bits per heavy atom. The summed E-state index contributed by atoms with van der Waals surface area (Å²) in [6.45, 7) is 3.36. The summed E-state index contributed by atoms with van der Waals surface area (Å²) in [5.74, 6) is 0.628. The third-order valence-electron chi connectivity index (χ3n) is 2.08. The second-order valence-electron chi connectivity index (χ2n) is 3.50. The van der Waals surface area contributed by atoms with Gasteiger partial charge < -0.3 is 15.5 Å². The summed E-state index contributed by atoms with van der Waals surface area (Å²) >= 11 is 0. The van der Waals surface area contributed by atoms with Crippen LogP contribution in [0.25, 0.3) is 0 Å². The van der Waals surface area contributed by atoms with E-state index in [1.807, 2.05) is 0 Å². The van der Waals surface area contributed by atoms with Gasteiger partial charge >= 0.3 is 0 Å². The maximum Gasteiger partial charge on any atom is 0.0636 e. The van der Waals surface area contributed by atoms with Crippen molar-refractivity contribution in [3.63, 3.8) is 0 Å². The van der Waals surface area contributed by atoms with Crippen LogP contribution in [0.15, 0.2) is 0 Å². The number of aliphatic hydroxyl groups is 2. The second kappa shape index (κ2) is 4.04. The van der Waals surface area contributed by atoms with Crippen molar-refractivity contribution in [1.29, 1.82) is 0 Å². The molecule has 1 aliphatic carbocycles. The van der Waals surface area contributed by atoms with Crippen molar-refractivity contribution in [1.82, 2.24) is 5.32 Å². The Bertz CT molecular complexity index is 111. The second-order valence-corrected chi connectivity index (χ2v) is 3.50. The van der Waals surface area contributed by atoms with E-state index in [2.05, 4.69) is 5.32 Å². The molecule has 1 rings (SSSR count). The van der Waals surface area contributed by atoms with Crippen molar-refractivity contribution in [3.8, 4) is 0 Å². The SMILES string of the molecule is CC(O)CNCC1CC(O)C1. The van der Waals surface area contributed by atoms with Crippen LogP contribution in [-0.4, -0.2) is 35.5 Å². The van der Waals surface area contributed by atoms with Crippen LogP contribution >= 0.6 is 0 Å². The van der Waals surface area contributed by atoms with Gasteiger partial charge in [0.2, 0.25) is 0 Å². The third-order valence-corrected chi connectivity index (χ3v) is 2.08. The molecule has 0 aromatic heterocycles. The average Bonchev–Trinajstić information content (AvgIpc) is 1.83. The molecule has 66 valence electrons. The lowest BCUT2D eigenvalue weighted by molar-refractivity contribution is 0.0418. The Hall–Kier alpha value is -0.120. The molecule has 0 radical (unpaired) electrons. The summed E-state index contributed by atoms with van der Waals surface area (Å²) in [6.07, 6.45) is 1.52. The standard InChI is InChI=1S/C8H17NO2/c1-6(10)4-9-5-7-2-8(11)3-7/h6-11H,2-5H2,1H3. The first-order chi connectivity index (χ1) is 5.18. The quantitative estimate of drug-likeness (QED) is 0.529. The molecule has 0 bridgehead atoms. The van der Waals surface area contributed by atoms with Gasteiger partial charge in [-0.05, 0) is 32.2 Å². The van der Waals surface area contributed by atoms with Gasteiger partial charge in [-0.15, -0.1) is 0 Å². The summed E-state index contributed by atoms with van der Waals surface area (Å²) < 4.78 is 0. The number of aliphatic hydroxyl groups excluding tert-OH is 2. The van der Waals surface area contributed by atoms with Crippen molar-refractivity contribution in [2.24, 2.45) is 5.92 Å². The van der Waals surface area contributed by atoms with Gasteiger partial charge in [-0.25, -0.2) is 0 Å². The van der Waals surface area contributed by atoms with E-state index in [-0.39, 0.29) is 12.2 Å². The van der Waals surface area contributed by atoms with Gasteiger partial charge in [-0.3, -0.25) is 0 Å². The summed E-state index contributed by atoms with van der Waals surface area (Å²) in [6, 6.07) is 0. The molecule has 1 saturated carbocycles. The summed E-state index contributed by atoms with van der Waals surface area (Å²) in [5.41, 5.74) is 0. The van der Waals surface area contributed by atoms with Crippen LogP contribution in [0.5, 0.6) is 0 Å². The highest BCUT2D eigenvalue weighted by Crippen LogP contribution is 2.25. The normalized spacial score (nSPS) is 33.0. The monoisotopic (exact) mass is 159 g/mol. The zero-order valence-corrected chi connectivity index (χ0v) is 6.95. The molecule has 3 N–H and O–H groups in total. The molecular weight excluding hydrogens is 142 g/mol. The molecule has 0 spiro atoms. The smallest absolute Gasteiger partial charge is 0.0636 e. The first-order valence-electron chi connectivity index (χ1n) is 4.25. The number of hydrogen-bond acceptors (Lipinski definition) is 3. The number of hydrogen-bond donors (Lipinski definition) is 3. The molecule has 1 aliphatic rings. The van der Waals surface area contributed by atoms with E-state index in [4.69, 9.17) is 10.2 Å². The predicted molar refractivity (Wildman–Crippen MR) is 43.3 cm³/mol. The minimum atomic E-state index is -0.264. The van der Waals surface area contributed by atoms with Gasteiger partial charge in [0.15, 0.2) is 0 Å². The van der Waals surface area contributed by atoms with Crippen LogP contribution in [0.3, 0.4) is 0 Å². The minimum absolute atomic E-state index is 0.0617. The molecule has 1 atom stereocenters. The van der Waals surface area contributed by atoms with Gasteiger partial charge in [0.1, 0.15) is 0 Å². The molecule has 1 fully saturated rings. The molecule has 0 aromatic carbocycles. The van der Waals surface area contributed by atoms with Gasteiger partial charge in [-0.1, -0.05) is 0 Å². The molecule has 1 unspecified atom stereocenters. The molecule has 0 aliphatic heterocycles. The number of nitrogens with one attached hydrogen (secondary N) is 1. The maximum atomic E-state index is 8.95. The molecule has 11 heavy (non-hydrogen) atoms. The van der Waals surface area contributed by atoms with Crippen LogP contribution in [0.1, 0.15) is 19.8 Å². The first-order valence-corrected chi connectivity index (χ1v) is 4.25. The Kier molecular flexibility index (Phi) is 3.30. The highest BCUT2D eigenvalue weighted by atomic mass is 16.3.